The number of rotatable bonds is 4. The number of hydrogen-bond donors (Lipinski definition) is 3. The van der Waals surface area contributed by atoms with Crippen LogP contribution in [0.2, 0.25) is 5.02 Å². The number of nitrogens with one attached hydrogen (secondary N) is 3. The minimum Gasteiger partial charge on any atom is -0.332 e. The first-order valence-corrected chi connectivity index (χ1v) is 8.93. The van der Waals surface area contributed by atoms with Crippen molar-refractivity contribution in [2.24, 2.45) is 0 Å². The fourth-order valence-electron chi connectivity index (χ4n) is 2.55. The Balaban J connectivity index is 1.80. The summed E-state index contributed by atoms with van der Waals surface area (Å²) >= 11 is 11.0. The summed E-state index contributed by atoms with van der Waals surface area (Å²) in [6.07, 6.45) is 1.57. The Morgan fingerprint density at radius 1 is 1.11 bits per heavy atom. The van der Waals surface area contributed by atoms with E-state index in [1.807, 2.05) is 0 Å². The predicted octanol–water partition coefficient (Wildman–Crippen LogP) is 2.97. The van der Waals surface area contributed by atoms with E-state index in [-0.39, 0.29) is 22.4 Å². The van der Waals surface area contributed by atoms with Gasteiger partial charge in [0.1, 0.15) is 0 Å². The second-order valence-corrected chi connectivity index (χ2v) is 6.63. The molecule has 3 N–H and O–H groups in total. The Morgan fingerprint density at radius 2 is 1.71 bits per heavy atom. The van der Waals surface area contributed by atoms with Crippen LogP contribution < -0.4 is 16.4 Å². The maximum Gasteiger partial charge on any atom is 0.269 e. The molecule has 28 heavy (non-hydrogen) atoms. The van der Waals surface area contributed by atoms with Gasteiger partial charge in [-0.2, -0.15) is 0 Å². The molecule has 1 aromatic heterocycles. The van der Waals surface area contributed by atoms with Crippen LogP contribution in [0.4, 0.5) is 0 Å². The second-order valence-electron chi connectivity index (χ2n) is 5.81. The summed E-state index contributed by atoms with van der Waals surface area (Å²) in [5, 5.41) is 0.887. The van der Waals surface area contributed by atoms with Gasteiger partial charge in [0.15, 0.2) is 4.77 Å². The van der Waals surface area contributed by atoms with E-state index in [1.54, 1.807) is 18.2 Å². The average Bonchev–Trinajstić information content (AvgIpc) is 2.69. The lowest BCUT2D eigenvalue weighted by Crippen LogP contribution is -2.41. The molecule has 0 aliphatic heterocycles. The highest BCUT2D eigenvalue weighted by Gasteiger charge is 2.12. The van der Waals surface area contributed by atoms with Crippen LogP contribution in [0.1, 0.15) is 20.7 Å². The molecule has 0 unspecified atom stereocenters. The van der Waals surface area contributed by atoms with E-state index < -0.39 is 11.8 Å². The highest BCUT2D eigenvalue weighted by Crippen LogP contribution is 2.11. The Labute approximate surface area is 169 Å². The largest absolute Gasteiger partial charge is 0.332 e. The van der Waals surface area contributed by atoms with Crippen molar-refractivity contribution in [2.45, 2.75) is 6.54 Å². The number of fused-ring (bicyclic) bond motifs is 1. The maximum absolute atomic E-state index is 12.5. The SMILES string of the molecule is C=CCn1c(=S)[nH]c2cc(C(=O)NNC(=O)c3ccc(Cl)cc3)ccc2c1=O. The van der Waals surface area contributed by atoms with Gasteiger partial charge in [0.25, 0.3) is 17.4 Å². The summed E-state index contributed by atoms with van der Waals surface area (Å²) in [6, 6.07) is 10.7. The molecule has 0 spiro atoms. The molecule has 0 saturated heterocycles. The van der Waals surface area contributed by atoms with Crippen molar-refractivity contribution >= 4 is 46.5 Å². The molecule has 0 saturated carbocycles. The Bertz CT molecular complexity index is 1200. The zero-order chi connectivity index (χ0) is 20.3. The fraction of sp³-hybridized carbons (Fsp3) is 0.0526. The standard InChI is InChI=1S/C19H15ClN4O3S/c1-2-9-24-18(27)14-8-5-12(10-15(14)21-19(24)28)17(26)23-22-16(25)11-3-6-13(20)7-4-11/h2-8,10H,1,9H2,(H,21,28)(H,22,25)(H,23,26). The van der Waals surface area contributed by atoms with Crippen LogP contribution in [0.3, 0.4) is 0 Å². The number of benzene rings is 2. The van der Waals surface area contributed by atoms with Gasteiger partial charge in [-0.25, -0.2) is 0 Å². The van der Waals surface area contributed by atoms with E-state index in [1.165, 1.54) is 34.9 Å². The zero-order valence-corrected chi connectivity index (χ0v) is 16.1. The van der Waals surface area contributed by atoms with Crippen LogP contribution >= 0.6 is 23.8 Å². The Hall–Kier alpha value is -3.23. The van der Waals surface area contributed by atoms with Crippen molar-refractivity contribution in [1.82, 2.24) is 20.4 Å². The lowest BCUT2D eigenvalue weighted by molar-refractivity contribution is 0.0847. The minimum absolute atomic E-state index is 0.228. The van der Waals surface area contributed by atoms with Crippen molar-refractivity contribution in [3.05, 3.63) is 86.4 Å². The Morgan fingerprint density at radius 3 is 2.36 bits per heavy atom. The molecule has 0 atom stereocenters. The van der Waals surface area contributed by atoms with Gasteiger partial charge in [-0.3, -0.25) is 29.8 Å². The van der Waals surface area contributed by atoms with E-state index >= 15 is 0 Å². The third-order valence-corrected chi connectivity index (χ3v) is 4.53. The molecule has 0 aliphatic rings. The molecule has 0 aliphatic carbocycles. The van der Waals surface area contributed by atoms with E-state index in [0.717, 1.165) is 0 Å². The number of nitrogens with zero attached hydrogens (tertiary/aromatic N) is 1. The van der Waals surface area contributed by atoms with Crippen molar-refractivity contribution in [3.8, 4) is 0 Å². The molecule has 2 amide bonds. The molecule has 2 aromatic carbocycles. The number of carbonyl (C=O) groups is 2. The second kappa shape index (κ2) is 8.20. The van der Waals surface area contributed by atoms with Crippen LogP contribution in [0.15, 0.2) is 59.9 Å². The van der Waals surface area contributed by atoms with Gasteiger partial charge in [-0.1, -0.05) is 17.7 Å². The average molecular weight is 415 g/mol. The fourth-order valence-corrected chi connectivity index (χ4v) is 2.94. The number of hydrogen-bond acceptors (Lipinski definition) is 4. The quantitative estimate of drug-likeness (QED) is 0.347. The van der Waals surface area contributed by atoms with Crippen molar-refractivity contribution in [3.63, 3.8) is 0 Å². The smallest absolute Gasteiger partial charge is 0.269 e. The van der Waals surface area contributed by atoms with Gasteiger partial charge in [0.05, 0.1) is 10.9 Å². The molecule has 1 heterocycles. The predicted molar refractivity (Wildman–Crippen MR) is 110 cm³/mol. The van der Waals surface area contributed by atoms with Gasteiger partial charge in [0.2, 0.25) is 0 Å². The van der Waals surface area contributed by atoms with Crippen LogP contribution in [-0.4, -0.2) is 21.4 Å². The first-order chi connectivity index (χ1) is 13.4. The minimum atomic E-state index is -0.543. The monoisotopic (exact) mass is 414 g/mol. The lowest BCUT2D eigenvalue weighted by Gasteiger charge is -2.09. The molecule has 0 radical (unpaired) electrons. The highest BCUT2D eigenvalue weighted by atomic mass is 35.5. The Kier molecular flexibility index (Phi) is 5.72. The molecule has 9 heteroatoms. The van der Waals surface area contributed by atoms with E-state index in [4.69, 9.17) is 23.8 Å². The first-order valence-electron chi connectivity index (χ1n) is 8.14. The van der Waals surface area contributed by atoms with Crippen LogP contribution in [0.25, 0.3) is 10.9 Å². The number of hydrazine groups is 1. The van der Waals surface area contributed by atoms with E-state index in [9.17, 15) is 14.4 Å². The highest BCUT2D eigenvalue weighted by molar-refractivity contribution is 7.71. The first kappa shape index (κ1) is 19.5. The van der Waals surface area contributed by atoms with Gasteiger partial charge in [-0.05, 0) is 54.7 Å². The van der Waals surface area contributed by atoms with E-state index in [2.05, 4.69) is 22.4 Å². The van der Waals surface area contributed by atoms with Crippen LogP contribution in [0.5, 0.6) is 0 Å². The summed E-state index contributed by atoms with van der Waals surface area (Å²) in [4.78, 5) is 39.8. The summed E-state index contributed by atoms with van der Waals surface area (Å²) in [5.74, 6) is -1.03. The van der Waals surface area contributed by atoms with Gasteiger partial charge >= 0.3 is 0 Å². The molecule has 0 fully saturated rings. The number of amides is 2. The molecular weight excluding hydrogens is 400 g/mol. The zero-order valence-electron chi connectivity index (χ0n) is 14.5. The van der Waals surface area contributed by atoms with Gasteiger partial charge < -0.3 is 4.98 Å². The van der Waals surface area contributed by atoms with Gasteiger partial charge in [0, 0.05) is 22.7 Å². The summed E-state index contributed by atoms with van der Waals surface area (Å²) in [6.45, 7) is 3.88. The number of H-pyrrole nitrogens is 1. The number of allylic oxidation sites excluding steroid dienone is 1. The molecule has 0 bridgehead atoms. The summed E-state index contributed by atoms with van der Waals surface area (Å²) in [5.41, 5.74) is 5.39. The number of halogens is 1. The van der Waals surface area contributed by atoms with Gasteiger partial charge in [-0.15, -0.1) is 6.58 Å². The van der Waals surface area contributed by atoms with Crippen molar-refractivity contribution in [1.29, 1.82) is 0 Å². The van der Waals surface area contributed by atoms with Crippen molar-refractivity contribution < 1.29 is 9.59 Å². The maximum atomic E-state index is 12.5. The number of aromatic amines is 1. The summed E-state index contributed by atoms with van der Waals surface area (Å²) < 4.78 is 1.60. The topological polar surface area (TPSA) is 96.0 Å². The van der Waals surface area contributed by atoms with Crippen LogP contribution in [0, 0.1) is 4.77 Å². The summed E-state index contributed by atoms with van der Waals surface area (Å²) in [7, 11) is 0. The third kappa shape index (κ3) is 4.03. The van der Waals surface area contributed by atoms with Crippen LogP contribution in [-0.2, 0) is 6.54 Å². The molecule has 3 aromatic rings. The van der Waals surface area contributed by atoms with Crippen molar-refractivity contribution in [2.75, 3.05) is 0 Å². The number of aromatic nitrogens is 2. The molecule has 3 rings (SSSR count). The normalized spacial score (nSPS) is 10.5. The molecular formula is C19H15ClN4O3S. The third-order valence-electron chi connectivity index (χ3n) is 3.95. The number of carbonyl (C=O) groups excluding carboxylic acids is 2. The van der Waals surface area contributed by atoms with E-state index in [0.29, 0.717) is 21.5 Å². The molecule has 7 nitrogen and oxygen atoms in total. The molecule has 142 valence electrons. The lowest BCUT2D eigenvalue weighted by atomic mass is 10.1.